The number of nitrogens with one attached hydrogen (secondary N) is 1. The van der Waals surface area contributed by atoms with Crippen LogP contribution >= 0.6 is 0 Å². The van der Waals surface area contributed by atoms with Crippen LogP contribution in [0.1, 0.15) is 49.0 Å². The number of nitrogens with zero attached hydrogens (tertiary/aromatic N) is 2. The summed E-state index contributed by atoms with van der Waals surface area (Å²) in [5.41, 5.74) is 3.86. The Hall–Kier alpha value is -2.36. The maximum Gasteiger partial charge on any atom is 0.252 e. The van der Waals surface area contributed by atoms with Gasteiger partial charge in [-0.05, 0) is 44.0 Å². The van der Waals surface area contributed by atoms with Crippen LogP contribution in [0.2, 0.25) is 0 Å². The first-order chi connectivity index (χ1) is 11.7. The van der Waals surface area contributed by atoms with Crippen LogP contribution in [0.15, 0.2) is 42.7 Å². The Bertz CT molecular complexity index is 669. The molecule has 0 atom stereocenters. The molecule has 1 N–H and O–H groups in total. The summed E-state index contributed by atoms with van der Waals surface area (Å²) < 4.78 is 0. The largest absolute Gasteiger partial charge is 0.352 e. The average Bonchev–Trinajstić information content (AvgIpc) is 2.60. The van der Waals surface area contributed by atoms with Crippen LogP contribution in [0, 0.1) is 6.92 Å². The van der Waals surface area contributed by atoms with Crippen molar-refractivity contribution in [2.75, 3.05) is 18.0 Å². The normalized spacial score (nSPS) is 10.5. The minimum atomic E-state index is -0.0549. The minimum Gasteiger partial charge on any atom is -0.352 e. The molecule has 0 radical (unpaired) electrons. The van der Waals surface area contributed by atoms with Crippen LogP contribution in [0.3, 0.4) is 0 Å². The third-order valence-corrected chi connectivity index (χ3v) is 3.99. The van der Waals surface area contributed by atoms with Gasteiger partial charge in [-0.25, -0.2) is 0 Å². The van der Waals surface area contributed by atoms with Gasteiger partial charge in [-0.1, -0.05) is 31.9 Å². The molecule has 0 aliphatic heterocycles. The lowest BCUT2D eigenvalue weighted by Crippen LogP contribution is -2.25. The van der Waals surface area contributed by atoms with Crippen molar-refractivity contribution < 1.29 is 4.79 Å². The van der Waals surface area contributed by atoms with Gasteiger partial charge in [0, 0.05) is 25.0 Å². The molecular formula is C20H27N3O. The molecule has 128 valence electrons. The van der Waals surface area contributed by atoms with Crippen LogP contribution in [-0.4, -0.2) is 24.0 Å². The zero-order valence-corrected chi connectivity index (χ0v) is 14.9. The van der Waals surface area contributed by atoms with E-state index in [0.29, 0.717) is 12.1 Å². The quantitative estimate of drug-likeness (QED) is 0.728. The number of unbranched alkanes of at least 4 members (excludes halogenated alkanes) is 2. The molecular weight excluding hydrogens is 298 g/mol. The van der Waals surface area contributed by atoms with Gasteiger partial charge in [-0.15, -0.1) is 0 Å². The number of amides is 1. The maximum absolute atomic E-state index is 12.3. The van der Waals surface area contributed by atoms with E-state index in [0.717, 1.165) is 37.2 Å². The smallest absolute Gasteiger partial charge is 0.252 e. The molecule has 0 bridgehead atoms. The van der Waals surface area contributed by atoms with Gasteiger partial charge in [-0.3, -0.25) is 9.78 Å². The monoisotopic (exact) mass is 325 g/mol. The highest BCUT2D eigenvalue weighted by molar-refractivity contribution is 5.94. The van der Waals surface area contributed by atoms with Crippen molar-refractivity contribution in [1.29, 1.82) is 0 Å². The van der Waals surface area contributed by atoms with Crippen molar-refractivity contribution in [3.63, 3.8) is 0 Å². The predicted molar refractivity (Wildman–Crippen MR) is 100.0 cm³/mol. The van der Waals surface area contributed by atoms with Gasteiger partial charge in [0.05, 0.1) is 17.4 Å². The molecule has 0 aliphatic rings. The van der Waals surface area contributed by atoms with Gasteiger partial charge in [0.2, 0.25) is 0 Å². The lowest BCUT2D eigenvalue weighted by atomic mass is 10.1. The lowest BCUT2D eigenvalue weighted by Gasteiger charge is -2.23. The molecule has 1 aromatic heterocycles. The van der Waals surface area contributed by atoms with Crippen LogP contribution < -0.4 is 10.2 Å². The van der Waals surface area contributed by atoms with E-state index >= 15 is 0 Å². The fraction of sp³-hybridized carbons (Fsp3) is 0.400. The number of carbonyl (C=O) groups excluding carboxylic acids is 1. The number of anilines is 2. The van der Waals surface area contributed by atoms with E-state index in [1.807, 2.05) is 12.1 Å². The fourth-order valence-electron chi connectivity index (χ4n) is 2.69. The molecule has 0 aliphatic carbocycles. The molecule has 0 saturated carbocycles. The molecule has 1 amide bonds. The number of hydrogen-bond donors (Lipinski definition) is 1. The summed E-state index contributed by atoms with van der Waals surface area (Å²) in [6, 6.07) is 10.3. The Labute approximate surface area is 144 Å². The van der Waals surface area contributed by atoms with Crippen molar-refractivity contribution in [3.05, 3.63) is 53.9 Å². The topological polar surface area (TPSA) is 45.2 Å². The van der Waals surface area contributed by atoms with Crippen LogP contribution in [-0.2, 0) is 0 Å². The minimum absolute atomic E-state index is 0.0549. The van der Waals surface area contributed by atoms with Crippen molar-refractivity contribution in [2.24, 2.45) is 0 Å². The summed E-state index contributed by atoms with van der Waals surface area (Å²) in [5.74, 6) is -0.0549. The van der Waals surface area contributed by atoms with Crippen molar-refractivity contribution in [2.45, 2.75) is 40.0 Å². The van der Waals surface area contributed by atoms with Crippen molar-refractivity contribution in [3.8, 4) is 0 Å². The molecule has 1 aromatic carbocycles. The van der Waals surface area contributed by atoms with Gasteiger partial charge in [0.15, 0.2) is 0 Å². The third-order valence-electron chi connectivity index (χ3n) is 3.99. The van der Waals surface area contributed by atoms with E-state index in [9.17, 15) is 4.79 Å². The van der Waals surface area contributed by atoms with Crippen LogP contribution in [0.25, 0.3) is 0 Å². The third kappa shape index (κ3) is 4.82. The highest BCUT2D eigenvalue weighted by atomic mass is 16.1. The summed E-state index contributed by atoms with van der Waals surface area (Å²) >= 11 is 0. The van der Waals surface area contributed by atoms with E-state index in [1.165, 1.54) is 5.56 Å². The first-order valence-electron chi connectivity index (χ1n) is 8.73. The van der Waals surface area contributed by atoms with Crippen molar-refractivity contribution in [1.82, 2.24) is 10.3 Å². The van der Waals surface area contributed by atoms with Crippen molar-refractivity contribution >= 4 is 17.3 Å². The molecule has 0 saturated heterocycles. The second kappa shape index (κ2) is 9.06. The van der Waals surface area contributed by atoms with E-state index in [-0.39, 0.29) is 5.91 Å². The molecule has 1 heterocycles. The molecule has 2 rings (SSSR count). The number of aromatic nitrogens is 1. The average molecular weight is 325 g/mol. The predicted octanol–water partition coefficient (Wildman–Crippen LogP) is 4.47. The zero-order valence-electron chi connectivity index (χ0n) is 14.9. The lowest BCUT2D eigenvalue weighted by molar-refractivity contribution is 0.0952. The van der Waals surface area contributed by atoms with E-state index in [2.05, 4.69) is 54.2 Å². The highest BCUT2D eigenvalue weighted by Gasteiger charge is 2.11. The second-order valence-corrected chi connectivity index (χ2v) is 5.98. The molecule has 0 spiro atoms. The molecule has 0 unspecified atom stereocenters. The van der Waals surface area contributed by atoms with E-state index in [1.54, 1.807) is 12.4 Å². The standard InChI is InChI=1S/C20H27N3O/c1-4-6-7-11-22-20(24)17-13-19(15-21-14-17)23(5-2)18-10-8-9-16(3)12-18/h8-10,12-15H,4-7,11H2,1-3H3,(H,22,24). The van der Waals surface area contributed by atoms with Gasteiger partial charge in [-0.2, -0.15) is 0 Å². The number of hydrogen-bond acceptors (Lipinski definition) is 3. The number of rotatable bonds is 8. The Morgan fingerprint density at radius 1 is 1.12 bits per heavy atom. The molecule has 24 heavy (non-hydrogen) atoms. The summed E-state index contributed by atoms with van der Waals surface area (Å²) in [4.78, 5) is 18.7. The molecule has 2 aromatic rings. The number of carbonyl (C=O) groups is 1. The second-order valence-electron chi connectivity index (χ2n) is 5.98. The molecule has 4 heteroatoms. The summed E-state index contributed by atoms with van der Waals surface area (Å²) in [7, 11) is 0. The van der Waals surface area contributed by atoms with Crippen LogP contribution in [0.5, 0.6) is 0 Å². The zero-order chi connectivity index (χ0) is 17.4. The molecule has 0 fully saturated rings. The Morgan fingerprint density at radius 2 is 1.96 bits per heavy atom. The first-order valence-corrected chi connectivity index (χ1v) is 8.73. The van der Waals surface area contributed by atoms with Gasteiger partial charge >= 0.3 is 0 Å². The van der Waals surface area contributed by atoms with Gasteiger partial charge < -0.3 is 10.2 Å². The number of pyridine rings is 1. The maximum atomic E-state index is 12.3. The summed E-state index contributed by atoms with van der Waals surface area (Å²) in [5, 5.41) is 2.97. The number of benzene rings is 1. The Kier molecular flexibility index (Phi) is 6.79. The van der Waals surface area contributed by atoms with Gasteiger partial charge in [0.25, 0.3) is 5.91 Å². The fourth-order valence-corrected chi connectivity index (χ4v) is 2.69. The highest BCUT2D eigenvalue weighted by Crippen LogP contribution is 2.25. The summed E-state index contributed by atoms with van der Waals surface area (Å²) in [6.07, 6.45) is 6.73. The summed E-state index contributed by atoms with van der Waals surface area (Å²) in [6.45, 7) is 7.86. The van der Waals surface area contributed by atoms with Crippen LogP contribution in [0.4, 0.5) is 11.4 Å². The van der Waals surface area contributed by atoms with E-state index < -0.39 is 0 Å². The van der Waals surface area contributed by atoms with E-state index in [4.69, 9.17) is 0 Å². The Morgan fingerprint density at radius 3 is 2.67 bits per heavy atom. The molecule has 4 nitrogen and oxygen atoms in total. The van der Waals surface area contributed by atoms with Gasteiger partial charge in [0.1, 0.15) is 0 Å². The first kappa shape index (κ1) is 18.0. The Balaban J connectivity index is 2.14. The SMILES string of the molecule is CCCCCNC(=O)c1cncc(N(CC)c2cccc(C)c2)c1. The number of aryl methyl sites for hydroxylation is 1.